The average molecular weight is 517 g/mol. The third-order valence-electron chi connectivity index (χ3n) is 4.85. The van der Waals surface area contributed by atoms with Crippen LogP contribution in [0.4, 0.5) is 11.4 Å². The van der Waals surface area contributed by atoms with Crippen LogP contribution in [0.15, 0.2) is 76.7 Å². The van der Waals surface area contributed by atoms with Gasteiger partial charge in [0.1, 0.15) is 12.3 Å². The summed E-state index contributed by atoms with van der Waals surface area (Å²) in [5.74, 6) is -0.441. The lowest BCUT2D eigenvalue weighted by Gasteiger charge is -2.24. The molecule has 35 heavy (non-hydrogen) atoms. The molecule has 1 amide bonds. The number of hydrazone groups is 1. The van der Waals surface area contributed by atoms with Crippen molar-refractivity contribution < 1.29 is 22.9 Å². The Morgan fingerprint density at radius 3 is 2.49 bits per heavy atom. The van der Waals surface area contributed by atoms with Gasteiger partial charge in [-0.15, -0.1) is 0 Å². The minimum Gasteiger partial charge on any atom is -0.495 e. The number of aryl methyl sites for hydroxylation is 1. The summed E-state index contributed by atoms with van der Waals surface area (Å²) in [5, 5.41) is 15.0. The first-order valence-electron chi connectivity index (χ1n) is 10.1. The van der Waals surface area contributed by atoms with Crippen LogP contribution >= 0.6 is 11.6 Å². The average Bonchev–Trinajstić information content (AvgIpc) is 2.83. The number of hydrogen-bond acceptors (Lipinski definition) is 7. The Morgan fingerprint density at radius 2 is 1.86 bits per heavy atom. The van der Waals surface area contributed by atoms with Gasteiger partial charge in [0.2, 0.25) is 0 Å². The standard InChI is InChI=1S/C23H21ClN4O6S/c1-16-7-10-19(11-8-16)35(32,33)27(18-9-12-22(34-2)20(24)13-18)15-23(29)26-25-14-17-5-3-4-6-21(17)28(30)31/h3-14H,15H2,1-2H3,(H,26,29)/b25-14-. The van der Waals surface area contributed by atoms with Crippen molar-refractivity contribution in [3.63, 3.8) is 0 Å². The Morgan fingerprint density at radius 1 is 1.17 bits per heavy atom. The molecule has 182 valence electrons. The van der Waals surface area contributed by atoms with E-state index < -0.39 is 27.4 Å². The molecular weight excluding hydrogens is 496 g/mol. The second kappa shape index (κ2) is 11.0. The number of methoxy groups -OCH3 is 1. The van der Waals surface area contributed by atoms with Crippen molar-refractivity contribution in [2.45, 2.75) is 11.8 Å². The molecule has 0 aromatic heterocycles. The lowest BCUT2D eigenvalue weighted by molar-refractivity contribution is -0.385. The molecule has 0 atom stereocenters. The first kappa shape index (κ1) is 25.7. The van der Waals surface area contributed by atoms with Crippen LogP contribution in [0.5, 0.6) is 5.75 Å². The van der Waals surface area contributed by atoms with E-state index in [1.807, 2.05) is 6.92 Å². The van der Waals surface area contributed by atoms with Crippen molar-refractivity contribution in [3.05, 3.63) is 93.0 Å². The zero-order valence-corrected chi connectivity index (χ0v) is 20.3. The number of hydrogen-bond donors (Lipinski definition) is 1. The molecule has 0 aliphatic carbocycles. The van der Waals surface area contributed by atoms with E-state index in [1.165, 1.54) is 55.6 Å². The molecule has 0 spiro atoms. The molecule has 0 unspecified atom stereocenters. The third kappa shape index (κ3) is 6.14. The van der Waals surface area contributed by atoms with Crippen LogP contribution < -0.4 is 14.5 Å². The number of benzene rings is 3. The number of sulfonamides is 1. The Bertz CT molecular complexity index is 1380. The van der Waals surface area contributed by atoms with E-state index in [0.29, 0.717) is 5.75 Å². The third-order valence-corrected chi connectivity index (χ3v) is 6.93. The number of carbonyl (C=O) groups is 1. The van der Waals surface area contributed by atoms with Gasteiger partial charge in [-0.1, -0.05) is 41.4 Å². The van der Waals surface area contributed by atoms with Crippen molar-refractivity contribution >= 4 is 45.1 Å². The van der Waals surface area contributed by atoms with Crippen LogP contribution in [0.2, 0.25) is 5.02 Å². The highest BCUT2D eigenvalue weighted by atomic mass is 35.5. The maximum Gasteiger partial charge on any atom is 0.278 e. The number of para-hydroxylation sites is 1. The van der Waals surface area contributed by atoms with Gasteiger partial charge < -0.3 is 4.74 Å². The summed E-state index contributed by atoms with van der Waals surface area (Å²) in [6.45, 7) is 1.19. The topological polar surface area (TPSA) is 131 Å². The minimum absolute atomic E-state index is 0.0220. The number of rotatable bonds is 9. The van der Waals surface area contributed by atoms with Gasteiger partial charge in [0.05, 0.1) is 39.4 Å². The SMILES string of the molecule is COc1ccc(N(CC(=O)N/N=C\c2ccccc2[N+](=O)[O-])S(=O)(=O)c2ccc(C)cc2)cc1Cl. The lowest BCUT2D eigenvalue weighted by Crippen LogP contribution is -2.39. The Balaban J connectivity index is 1.90. The van der Waals surface area contributed by atoms with E-state index in [0.717, 1.165) is 16.1 Å². The number of nitro benzene ring substituents is 1. The fourth-order valence-corrected chi connectivity index (χ4v) is 4.73. The summed E-state index contributed by atoms with van der Waals surface area (Å²) < 4.78 is 32.8. The summed E-state index contributed by atoms with van der Waals surface area (Å²) >= 11 is 6.19. The van der Waals surface area contributed by atoms with Crippen LogP contribution in [0, 0.1) is 17.0 Å². The van der Waals surface area contributed by atoms with Crippen LogP contribution in [0.1, 0.15) is 11.1 Å². The number of nitrogens with zero attached hydrogens (tertiary/aromatic N) is 3. The van der Waals surface area contributed by atoms with Crippen molar-refractivity contribution in [1.29, 1.82) is 0 Å². The highest BCUT2D eigenvalue weighted by molar-refractivity contribution is 7.92. The molecule has 0 saturated heterocycles. The monoisotopic (exact) mass is 516 g/mol. The molecule has 3 aromatic rings. The number of amides is 1. The molecule has 0 radical (unpaired) electrons. The van der Waals surface area contributed by atoms with E-state index in [9.17, 15) is 23.3 Å². The second-order valence-corrected chi connectivity index (χ2v) is 9.52. The molecular formula is C23H21ClN4O6S. The van der Waals surface area contributed by atoms with Crippen LogP contribution in [0.25, 0.3) is 0 Å². The fourth-order valence-electron chi connectivity index (χ4n) is 3.07. The first-order chi connectivity index (χ1) is 16.6. The lowest BCUT2D eigenvalue weighted by atomic mass is 10.2. The summed E-state index contributed by atoms with van der Waals surface area (Å²) in [6.07, 6.45) is 1.11. The molecule has 0 fully saturated rings. The van der Waals surface area contributed by atoms with E-state index in [4.69, 9.17) is 16.3 Å². The molecule has 0 saturated carbocycles. The number of nitrogens with one attached hydrogen (secondary N) is 1. The minimum atomic E-state index is -4.17. The van der Waals surface area contributed by atoms with Crippen molar-refractivity contribution in [1.82, 2.24) is 5.43 Å². The molecule has 3 aromatic carbocycles. The molecule has 0 aliphatic heterocycles. The van der Waals surface area contributed by atoms with Gasteiger partial charge >= 0.3 is 0 Å². The van der Waals surface area contributed by atoms with Gasteiger partial charge in [0.15, 0.2) is 0 Å². The number of nitro groups is 1. The van der Waals surface area contributed by atoms with Crippen LogP contribution in [-0.2, 0) is 14.8 Å². The molecule has 10 nitrogen and oxygen atoms in total. The Kier molecular flexibility index (Phi) is 8.05. The predicted molar refractivity (Wildman–Crippen MR) is 133 cm³/mol. The normalized spacial score (nSPS) is 11.3. The van der Waals surface area contributed by atoms with E-state index in [-0.39, 0.29) is 26.9 Å². The number of anilines is 1. The zero-order chi connectivity index (χ0) is 25.6. The largest absolute Gasteiger partial charge is 0.495 e. The number of halogens is 1. The van der Waals surface area contributed by atoms with E-state index in [1.54, 1.807) is 18.2 Å². The highest BCUT2D eigenvalue weighted by Gasteiger charge is 2.28. The van der Waals surface area contributed by atoms with Gasteiger partial charge in [-0.05, 0) is 43.3 Å². The second-order valence-electron chi connectivity index (χ2n) is 7.25. The van der Waals surface area contributed by atoms with Crippen LogP contribution in [-0.4, -0.2) is 39.1 Å². The molecule has 3 rings (SSSR count). The molecule has 0 bridgehead atoms. The first-order valence-corrected chi connectivity index (χ1v) is 11.9. The van der Waals surface area contributed by atoms with E-state index >= 15 is 0 Å². The molecule has 1 N–H and O–H groups in total. The summed E-state index contributed by atoms with van der Waals surface area (Å²) in [4.78, 5) is 23.2. The quantitative estimate of drug-likeness (QED) is 0.260. The van der Waals surface area contributed by atoms with Gasteiger partial charge in [0.25, 0.3) is 21.6 Å². The van der Waals surface area contributed by atoms with Crippen molar-refractivity contribution in [2.24, 2.45) is 5.10 Å². The fraction of sp³-hybridized carbons (Fsp3) is 0.130. The Labute approximate surface area is 207 Å². The van der Waals surface area contributed by atoms with Gasteiger partial charge in [0, 0.05) is 6.07 Å². The van der Waals surface area contributed by atoms with Gasteiger partial charge in [-0.2, -0.15) is 5.10 Å². The number of carbonyl (C=O) groups excluding carboxylic acids is 1. The van der Waals surface area contributed by atoms with Crippen molar-refractivity contribution in [3.8, 4) is 5.75 Å². The van der Waals surface area contributed by atoms with Crippen LogP contribution in [0.3, 0.4) is 0 Å². The number of ether oxygens (including phenoxy) is 1. The van der Waals surface area contributed by atoms with Crippen molar-refractivity contribution in [2.75, 3.05) is 18.0 Å². The smallest absolute Gasteiger partial charge is 0.278 e. The van der Waals surface area contributed by atoms with Gasteiger partial charge in [-0.3, -0.25) is 19.2 Å². The summed E-state index contributed by atoms with van der Waals surface area (Å²) in [7, 11) is -2.74. The summed E-state index contributed by atoms with van der Waals surface area (Å²) in [6, 6.07) is 16.3. The summed E-state index contributed by atoms with van der Waals surface area (Å²) in [5.41, 5.74) is 3.19. The maximum atomic E-state index is 13.4. The molecule has 0 heterocycles. The van der Waals surface area contributed by atoms with E-state index in [2.05, 4.69) is 10.5 Å². The predicted octanol–water partition coefficient (Wildman–Crippen LogP) is 3.91. The highest BCUT2D eigenvalue weighted by Crippen LogP contribution is 2.32. The zero-order valence-electron chi connectivity index (χ0n) is 18.7. The maximum absolute atomic E-state index is 13.4. The molecule has 0 aliphatic rings. The molecule has 12 heteroatoms. The Hall–Kier alpha value is -3.96. The van der Waals surface area contributed by atoms with Gasteiger partial charge in [-0.25, -0.2) is 13.8 Å².